The van der Waals surface area contributed by atoms with Gasteiger partial charge in [-0.15, -0.1) is 0 Å². The number of rotatable bonds is 0. The summed E-state index contributed by atoms with van der Waals surface area (Å²) in [6, 6.07) is 0. The van der Waals surface area contributed by atoms with E-state index in [1.807, 2.05) is 6.92 Å². The van der Waals surface area contributed by atoms with E-state index in [1.54, 1.807) is 0 Å². The Morgan fingerprint density at radius 2 is 1.89 bits per heavy atom. The molecule has 1 fully saturated rings. The summed E-state index contributed by atoms with van der Waals surface area (Å²) in [6.45, 7) is 1.98. The highest BCUT2D eigenvalue weighted by molar-refractivity contribution is 4.78. The fourth-order valence-corrected chi connectivity index (χ4v) is 1.37. The summed E-state index contributed by atoms with van der Waals surface area (Å²) in [7, 11) is 0. The molecule has 0 bridgehead atoms. The fraction of sp³-hybridized carbons (Fsp3) is 1.00. The van der Waals surface area contributed by atoms with E-state index in [1.165, 1.54) is 0 Å². The molecular weight excluding hydrogens is 116 g/mol. The minimum Gasteiger partial charge on any atom is -0.390 e. The van der Waals surface area contributed by atoms with Gasteiger partial charge in [0, 0.05) is 0 Å². The zero-order valence-electron chi connectivity index (χ0n) is 5.75. The zero-order chi connectivity index (χ0) is 6.85. The molecule has 0 unspecified atom stereocenters. The normalized spacial score (nSPS) is 45.0. The molecule has 0 radical (unpaired) electrons. The molecule has 54 valence electrons. The highest BCUT2D eigenvalue weighted by Gasteiger charge is 2.26. The molecule has 0 aromatic heterocycles. The van der Waals surface area contributed by atoms with Crippen LogP contribution in [0.5, 0.6) is 0 Å². The van der Waals surface area contributed by atoms with Crippen LogP contribution in [0.4, 0.5) is 0 Å². The molecule has 1 aliphatic carbocycles. The largest absolute Gasteiger partial charge is 0.390 e. The molecule has 3 atom stereocenters. The van der Waals surface area contributed by atoms with Crippen LogP contribution in [-0.4, -0.2) is 22.4 Å². The van der Waals surface area contributed by atoms with E-state index in [4.69, 9.17) is 5.11 Å². The second-order valence-corrected chi connectivity index (χ2v) is 2.97. The van der Waals surface area contributed by atoms with Gasteiger partial charge in [-0.2, -0.15) is 0 Å². The van der Waals surface area contributed by atoms with Crippen molar-refractivity contribution < 1.29 is 10.2 Å². The van der Waals surface area contributed by atoms with Crippen molar-refractivity contribution in [2.75, 3.05) is 0 Å². The smallest absolute Gasteiger partial charge is 0.0824 e. The van der Waals surface area contributed by atoms with Crippen LogP contribution in [0.25, 0.3) is 0 Å². The van der Waals surface area contributed by atoms with Crippen LogP contribution in [0.3, 0.4) is 0 Å². The number of aliphatic hydroxyl groups excluding tert-OH is 2. The Labute approximate surface area is 55.5 Å². The van der Waals surface area contributed by atoms with Gasteiger partial charge in [-0.1, -0.05) is 13.3 Å². The van der Waals surface area contributed by atoms with E-state index in [-0.39, 0.29) is 5.92 Å². The Hall–Kier alpha value is -0.0800. The summed E-state index contributed by atoms with van der Waals surface area (Å²) >= 11 is 0. The summed E-state index contributed by atoms with van der Waals surface area (Å²) in [4.78, 5) is 0. The first-order valence-corrected chi connectivity index (χ1v) is 3.58. The molecule has 1 saturated carbocycles. The minimum absolute atomic E-state index is 0.286. The molecule has 0 heterocycles. The molecule has 2 N–H and O–H groups in total. The summed E-state index contributed by atoms with van der Waals surface area (Å²) in [5.41, 5.74) is 0. The van der Waals surface area contributed by atoms with E-state index in [9.17, 15) is 5.11 Å². The molecule has 0 spiro atoms. The molecule has 1 rings (SSSR count). The van der Waals surface area contributed by atoms with Gasteiger partial charge in [-0.05, 0) is 18.8 Å². The first-order chi connectivity index (χ1) is 4.22. The van der Waals surface area contributed by atoms with Gasteiger partial charge in [0.25, 0.3) is 0 Å². The molecule has 0 aromatic rings. The summed E-state index contributed by atoms with van der Waals surface area (Å²) in [5.74, 6) is 0.286. The van der Waals surface area contributed by atoms with Crippen molar-refractivity contribution in [3.8, 4) is 0 Å². The van der Waals surface area contributed by atoms with E-state index in [2.05, 4.69) is 0 Å². The molecule has 0 amide bonds. The lowest BCUT2D eigenvalue weighted by molar-refractivity contribution is -0.0391. The van der Waals surface area contributed by atoms with Crippen LogP contribution in [0, 0.1) is 5.92 Å². The molecular formula is C7H14O2. The van der Waals surface area contributed by atoms with Crippen molar-refractivity contribution >= 4 is 0 Å². The average Bonchev–Trinajstić information content (AvgIpc) is 1.83. The lowest BCUT2D eigenvalue weighted by atomic mass is 9.86. The van der Waals surface area contributed by atoms with Crippen molar-refractivity contribution in [1.82, 2.24) is 0 Å². The standard InChI is InChI=1S/C7H14O2/c1-5-3-2-4-6(8)7(5)9/h5-9H,2-4H2,1H3/t5-,6+,7+/m1/s1. The lowest BCUT2D eigenvalue weighted by Gasteiger charge is -2.28. The molecule has 2 heteroatoms. The second-order valence-electron chi connectivity index (χ2n) is 2.97. The Morgan fingerprint density at radius 3 is 2.33 bits per heavy atom. The predicted molar refractivity (Wildman–Crippen MR) is 35.0 cm³/mol. The maximum absolute atomic E-state index is 9.20. The monoisotopic (exact) mass is 130 g/mol. The van der Waals surface area contributed by atoms with Gasteiger partial charge >= 0.3 is 0 Å². The van der Waals surface area contributed by atoms with E-state index in [0.29, 0.717) is 0 Å². The van der Waals surface area contributed by atoms with Gasteiger partial charge in [0.05, 0.1) is 12.2 Å². The summed E-state index contributed by atoms with van der Waals surface area (Å²) in [5, 5.41) is 18.3. The predicted octanol–water partition coefficient (Wildman–Crippen LogP) is 0.528. The van der Waals surface area contributed by atoms with Crippen molar-refractivity contribution in [3.63, 3.8) is 0 Å². The molecule has 0 saturated heterocycles. The molecule has 1 aliphatic rings. The maximum atomic E-state index is 9.20. The number of hydrogen-bond acceptors (Lipinski definition) is 2. The molecule has 2 nitrogen and oxygen atoms in total. The van der Waals surface area contributed by atoms with Crippen LogP contribution >= 0.6 is 0 Å². The quantitative estimate of drug-likeness (QED) is 0.502. The molecule has 9 heavy (non-hydrogen) atoms. The highest BCUT2D eigenvalue weighted by Crippen LogP contribution is 2.23. The Kier molecular flexibility index (Phi) is 2.09. The molecule has 0 aromatic carbocycles. The van der Waals surface area contributed by atoms with Gasteiger partial charge in [0.1, 0.15) is 0 Å². The fourth-order valence-electron chi connectivity index (χ4n) is 1.37. The van der Waals surface area contributed by atoms with Gasteiger partial charge in [0.2, 0.25) is 0 Å². The number of hydrogen-bond donors (Lipinski definition) is 2. The summed E-state index contributed by atoms with van der Waals surface area (Å²) < 4.78 is 0. The Morgan fingerprint density at radius 1 is 1.22 bits per heavy atom. The third-order valence-electron chi connectivity index (χ3n) is 2.14. The Bertz CT molecular complexity index is 82.9. The van der Waals surface area contributed by atoms with Crippen LogP contribution in [0.2, 0.25) is 0 Å². The van der Waals surface area contributed by atoms with Gasteiger partial charge < -0.3 is 10.2 Å². The van der Waals surface area contributed by atoms with Crippen LogP contribution < -0.4 is 0 Å². The topological polar surface area (TPSA) is 40.5 Å². The van der Waals surface area contributed by atoms with E-state index in [0.717, 1.165) is 19.3 Å². The average molecular weight is 130 g/mol. The third kappa shape index (κ3) is 1.43. The van der Waals surface area contributed by atoms with Crippen LogP contribution in [0.15, 0.2) is 0 Å². The number of aliphatic hydroxyl groups is 2. The van der Waals surface area contributed by atoms with E-state index >= 15 is 0 Å². The summed E-state index contributed by atoms with van der Waals surface area (Å²) in [6.07, 6.45) is 1.94. The maximum Gasteiger partial charge on any atom is 0.0824 e. The first-order valence-electron chi connectivity index (χ1n) is 3.58. The minimum atomic E-state index is -0.473. The van der Waals surface area contributed by atoms with Crippen molar-refractivity contribution in [2.45, 2.75) is 38.4 Å². The SMILES string of the molecule is C[C@@H]1CCC[C@H](O)[C@H]1O. The highest BCUT2D eigenvalue weighted by atomic mass is 16.3. The first kappa shape index (κ1) is 7.03. The molecule has 0 aliphatic heterocycles. The third-order valence-corrected chi connectivity index (χ3v) is 2.14. The van der Waals surface area contributed by atoms with Crippen molar-refractivity contribution in [1.29, 1.82) is 0 Å². The lowest BCUT2D eigenvalue weighted by Crippen LogP contribution is -2.35. The van der Waals surface area contributed by atoms with Gasteiger partial charge in [-0.25, -0.2) is 0 Å². The van der Waals surface area contributed by atoms with Gasteiger partial charge in [0.15, 0.2) is 0 Å². The van der Waals surface area contributed by atoms with Crippen molar-refractivity contribution in [2.24, 2.45) is 5.92 Å². The van der Waals surface area contributed by atoms with Gasteiger partial charge in [-0.3, -0.25) is 0 Å². The zero-order valence-corrected chi connectivity index (χ0v) is 5.75. The van der Waals surface area contributed by atoms with Crippen molar-refractivity contribution in [3.05, 3.63) is 0 Å². The van der Waals surface area contributed by atoms with Crippen LogP contribution in [0.1, 0.15) is 26.2 Å². The van der Waals surface area contributed by atoms with Crippen LogP contribution in [-0.2, 0) is 0 Å². The second kappa shape index (κ2) is 2.67. The van der Waals surface area contributed by atoms with E-state index < -0.39 is 12.2 Å². The Balaban J connectivity index is 2.41.